The van der Waals surface area contributed by atoms with Crippen LogP contribution >= 0.6 is 0 Å². The zero-order valence-corrected chi connectivity index (χ0v) is 9.43. The summed E-state index contributed by atoms with van der Waals surface area (Å²) in [5, 5.41) is 47.2. The molecule has 0 aromatic rings. The maximum atomic E-state index is 11.2. The molecule has 0 aromatic carbocycles. The van der Waals surface area contributed by atoms with Crippen LogP contribution in [0.5, 0.6) is 0 Å². The average Bonchev–Trinajstić information content (AvgIpc) is 2.30. The third-order valence-electron chi connectivity index (χ3n) is 2.79. The first-order valence-electron chi connectivity index (χ1n) is 5.50. The van der Waals surface area contributed by atoms with Crippen LogP contribution in [0.25, 0.3) is 0 Å². The molecule has 1 aliphatic rings. The summed E-state index contributed by atoms with van der Waals surface area (Å²) in [6.45, 7) is 1.75. The average molecular weight is 250 g/mol. The first kappa shape index (κ1) is 14.3. The predicted molar refractivity (Wildman–Crippen MR) is 54.8 cm³/mol. The summed E-state index contributed by atoms with van der Waals surface area (Å²) in [7, 11) is 0. The van der Waals surface area contributed by atoms with Crippen LogP contribution in [0.4, 0.5) is 0 Å². The van der Waals surface area contributed by atoms with E-state index in [9.17, 15) is 30.3 Å². The van der Waals surface area contributed by atoms with Crippen LogP contribution < -0.4 is 0 Å². The van der Waals surface area contributed by atoms with E-state index in [-0.39, 0.29) is 6.42 Å². The van der Waals surface area contributed by atoms with E-state index in [1.807, 2.05) is 0 Å². The van der Waals surface area contributed by atoms with Crippen LogP contribution in [0, 0.1) is 0 Å². The van der Waals surface area contributed by atoms with Gasteiger partial charge in [-0.15, -0.1) is 0 Å². The van der Waals surface area contributed by atoms with Gasteiger partial charge < -0.3 is 30.3 Å². The Morgan fingerprint density at radius 2 is 1.35 bits per heavy atom. The molecule has 1 fully saturated rings. The van der Waals surface area contributed by atoms with Gasteiger partial charge in [-0.1, -0.05) is 6.92 Å². The molecule has 100 valence electrons. The van der Waals surface area contributed by atoms with E-state index in [0.717, 1.165) is 0 Å². The molecule has 0 heterocycles. The molecule has 0 saturated heterocycles. The van der Waals surface area contributed by atoms with Gasteiger partial charge in [-0.3, -0.25) is 4.79 Å². The Morgan fingerprint density at radius 1 is 0.941 bits per heavy atom. The second kappa shape index (κ2) is 5.74. The van der Waals surface area contributed by atoms with Gasteiger partial charge >= 0.3 is 5.97 Å². The monoisotopic (exact) mass is 250 g/mol. The Morgan fingerprint density at radius 3 is 1.76 bits per heavy atom. The van der Waals surface area contributed by atoms with Crippen molar-refractivity contribution in [3.8, 4) is 0 Å². The fourth-order valence-corrected chi connectivity index (χ4v) is 1.75. The molecule has 0 spiro atoms. The van der Waals surface area contributed by atoms with E-state index in [1.165, 1.54) is 0 Å². The van der Waals surface area contributed by atoms with Crippen LogP contribution in [0.3, 0.4) is 0 Å². The van der Waals surface area contributed by atoms with Crippen molar-refractivity contribution < 1.29 is 35.1 Å². The van der Waals surface area contributed by atoms with Crippen LogP contribution in [-0.2, 0) is 9.53 Å². The van der Waals surface area contributed by atoms with Gasteiger partial charge in [0.05, 0.1) is 0 Å². The summed E-state index contributed by atoms with van der Waals surface area (Å²) in [6, 6.07) is 0. The molecule has 0 aliphatic heterocycles. The molecule has 1 rings (SSSR count). The highest BCUT2D eigenvalue weighted by molar-refractivity contribution is 5.69. The van der Waals surface area contributed by atoms with E-state index in [0.29, 0.717) is 6.42 Å². The number of rotatable bonds is 3. The minimum atomic E-state index is -1.68. The largest absolute Gasteiger partial charge is 0.457 e. The van der Waals surface area contributed by atoms with Gasteiger partial charge in [0.15, 0.2) is 6.10 Å². The zero-order chi connectivity index (χ0) is 13.2. The molecule has 5 N–H and O–H groups in total. The van der Waals surface area contributed by atoms with Gasteiger partial charge in [-0.05, 0) is 6.42 Å². The number of carbonyl (C=O) groups excluding carboxylic acids is 1. The molecule has 6 atom stereocenters. The summed E-state index contributed by atoms with van der Waals surface area (Å²) in [4.78, 5) is 11.2. The van der Waals surface area contributed by atoms with Gasteiger partial charge in [-0.2, -0.15) is 0 Å². The van der Waals surface area contributed by atoms with E-state index in [1.54, 1.807) is 6.92 Å². The lowest BCUT2D eigenvalue weighted by Crippen LogP contribution is -2.64. The van der Waals surface area contributed by atoms with E-state index < -0.39 is 42.6 Å². The molecule has 0 bridgehead atoms. The van der Waals surface area contributed by atoms with Crippen molar-refractivity contribution in [1.29, 1.82) is 0 Å². The van der Waals surface area contributed by atoms with Gasteiger partial charge in [0, 0.05) is 6.42 Å². The molecule has 1 aliphatic carbocycles. The molecular weight excluding hydrogens is 232 g/mol. The highest BCUT2D eigenvalue weighted by Gasteiger charge is 2.50. The van der Waals surface area contributed by atoms with E-state index >= 15 is 0 Å². The number of aliphatic hydroxyl groups excluding tert-OH is 5. The van der Waals surface area contributed by atoms with Crippen molar-refractivity contribution in [3.63, 3.8) is 0 Å². The number of hydrogen-bond acceptors (Lipinski definition) is 7. The van der Waals surface area contributed by atoms with Crippen LogP contribution in [0.2, 0.25) is 0 Å². The van der Waals surface area contributed by atoms with Crippen LogP contribution in [0.1, 0.15) is 19.8 Å². The minimum Gasteiger partial charge on any atom is -0.457 e. The van der Waals surface area contributed by atoms with Crippen molar-refractivity contribution in [2.24, 2.45) is 0 Å². The highest BCUT2D eigenvalue weighted by Crippen LogP contribution is 2.24. The van der Waals surface area contributed by atoms with Crippen molar-refractivity contribution >= 4 is 5.97 Å². The molecule has 0 unspecified atom stereocenters. The maximum absolute atomic E-state index is 11.2. The first-order chi connectivity index (χ1) is 7.90. The molecule has 7 nitrogen and oxygen atoms in total. The van der Waals surface area contributed by atoms with Crippen LogP contribution in [-0.4, -0.2) is 68.1 Å². The molecule has 0 aromatic heterocycles. The number of esters is 1. The molecular formula is C10H18O7. The Kier molecular flexibility index (Phi) is 4.84. The normalized spacial score (nSPS) is 42.2. The topological polar surface area (TPSA) is 127 Å². The molecule has 0 amide bonds. The quantitative estimate of drug-likeness (QED) is 0.351. The third-order valence-corrected chi connectivity index (χ3v) is 2.79. The van der Waals surface area contributed by atoms with E-state index in [4.69, 9.17) is 4.74 Å². The van der Waals surface area contributed by atoms with Gasteiger partial charge in [-0.25, -0.2) is 0 Å². The maximum Gasteiger partial charge on any atom is 0.306 e. The van der Waals surface area contributed by atoms with Gasteiger partial charge in [0.2, 0.25) is 0 Å². The standard InChI is InChI=1S/C10H18O7/c1-2-3-4(11)17-10-8(15)6(13)5(12)7(14)9(10)16/h5-10,12-16H,2-3H2,1H3/t5-,6-,7+,8+,9-,10+. The SMILES string of the molecule is CCCC(=O)O[C@@H]1[C@H](O)[C@@H](O)[C@H](O)[C@@H](O)[C@@H]1O. The second-order valence-electron chi connectivity index (χ2n) is 4.16. The van der Waals surface area contributed by atoms with E-state index in [2.05, 4.69) is 0 Å². The lowest BCUT2D eigenvalue weighted by atomic mass is 9.85. The Balaban J connectivity index is 2.72. The lowest BCUT2D eigenvalue weighted by molar-refractivity contribution is -0.233. The summed E-state index contributed by atoms with van der Waals surface area (Å²) < 4.78 is 4.78. The first-order valence-corrected chi connectivity index (χ1v) is 5.50. The van der Waals surface area contributed by atoms with Crippen LogP contribution in [0.15, 0.2) is 0 Å². The number of hydrogen-bond donors (Lipinski definition) is 5. The predicted octanol–water partition coefficient (Wildman–Crippen LogP) is -2.48. The Bertz CT molecular complexity index is 253. The zero-order valence-electron chi connectivity index (χ0n) is 9.43. The third kappa shape index (κ3) is 2.93. The fraction of sp³-hybridized carbons (Fsp3) is 0.900. The van der Waals surface area contributed by atoms with Gasteiger partial charge in [0.1, 0.15) is 30.5 Å². The summed E-state index contributed by atoms with van der Waals surface area (Å²) in [5.41, 5.74) is 0. The number of aliphatic hydroxyl groups is 5. The second-order valence-corrected chi connectivity index (χ2v) is 4.16. The van der Waals surface area contributed by atoms with Crippen molar-refractivity contribution in [3.05, 3.63) is 0 Å². The van der Waals surface area contributed by atoms with Crippen molar-refractivity contribution in [1.82, 2.24) is 0 Å². The minimum absolute atomic E-state index is 0.102. The highest BCUT2D eigenvalue weighted by atomic mass is 16.6. The fourth-order valence-electron chi connectivity index (χ4n) is 1.75. The molecule has 7 heteroatoms. The van der Waals surface area contributed by atoms with Crippen molar-refractivity contribution in [2.75, 3.05) is 0 Å². The number of ether oxygens (including phenoxy) is 1. The lowest BCUT2D eigenvalue weighted by Gasteiger charge is -2.41. The summed E-state index contributed by atoms with van der Waals surface area (Å²) in [5.74, 6) is -0.647. The summed E-state index contributed by atoms with van der Waals surface area (Å²) >= 11 is 0. The van der Waals surface area contributed by atoms with Gasteiger partial charge in [0.25, 0.3) is 0 Å². The molecule has 1 saturated carbocycles. The smallest absolute Gasteiger partial charge is 0.306 e. The van der Waals surface area contributed by atoms with Crippen molar-refractivity contribution in [2.45, 2.75) is 56.4 Å². The Labute approximate surface area is 98.3 Å². The Hall–Kier alpha value is -0.730. The number of carbonyl (C=O) groups is 1. The summed E-state index contributed by atoms with van der Waals surface area (Å²) in [6.07, 6.45) is -9.10. The molecule has 17 heavy (non-hydrogen) atoms. The molecule has 0 radical (unpaired) electrons.